The van der Waals surface area contributed by atoms with E-state index in [1.165, 1.54) is 37.9 Å². The highest BCUT2D eigenvalue weighted by molar-refractivity contribution is 6.24. The van der Waals surface area contributed by atoms with Gasteiger partial charge in [0.2, 0.25) is 0 Å². The Morgan fingerprint density at radius 1 is 0.541 bits per heavy atom. The van der Waals surface area contributed by atoms with Gasteiger partial charge in [-0.05, 0) is 51.4 Å². The van der Waals surface area contributed by atoms with E-state index in [9.17, 15) is 0 Å². The van der Waals surface area contributed by atoms with E-state index in [1.807, 2.05) is 12.3 Å². The molecular weight excluding hydrogens is 450 g/mol. The topological polar surface area (TPSA) is 30.2 Å². The van der Waals surface area contributed by atoms with Gasteiger partial charge in [-0.3, -0.25) is 9.38 Å². The summed E-state index contributed by atoms with van der Waals surface area (Å²) in [6.45, 7) is 0. The molecule has 0 amide bonds. The number of fused-ring (bicyclic) bond motifs is 9. The summed E-state index contributed by atoms with van der Waals surface area (Å²) in [5, 5.41) is 7.28. The standard InChI is InChI=1S/C34H21N3/c1-2-10-25-22(8-1)9-7-13-26(25)24-16-18-31(35-21-24)23-15-17-29-30(20-23)27-11-3-4-12-28(27)33-34(29)37-19-6-5-14-32(37)36-33/h1-21H. The molecule has 0 bridgehead atoms. The first kappa shape index (κ1) is 20.2. The zero-order chi connectivity index (χ0) is 24.3. The molecule has 0 N–H and O–H groups in total. The molecule has 0 saturated carbocycles. The number of hydrogen-bond acceptors (Lipinski definition) is 2. The van der Waals surface area contributed by atoms with E-state index in [1.54, 1.807) is 0 Å². The fourth-order valence-corrected chi connectivity index (χ4v) is 5.70. The second-order valence-electron chi connectivity index (χ2n) is 9.50. The summed E-state index contributed by atoms with van der Waals surface area (Å²) < 4.78 is 2.20. The van der Waals surface area contributed by atoms with Gasteiger partial charge in [-0.1, -0.05) is 91.0 Å². The van der Waals surface area contributed by atoms with Crippen molar-refractivity contribution in [2.45, 2.75) is 0 Å². The fraction of sp³-hybridized carbons (Fsp3) is 0. The van der Waals surface area contributed by atoms with Crippen molar-refractivity contribution in [3.8, 4) is 22.4 Å². The number of hydrogen-bond donors (Lipinski definition) is 0. The first-order valence-corrected chi connectivity index (χ1v) is 12.5. The minimum absolute atomic E-state index is 0.963. The molecule has 0 unspecified atom stereocenters. The smallest absolute Gasteiger partial charge is 0.137 e. The summed E-state index contributed by atoms with van der Waals surface area (Å²) in [5.41, 5.74) is 7.55. The Morgan fingerprint density at radius 3 is 2.22 bits per heavy atom. The maximum absolute atomic E-state index is 4.98. The first-order chi connectivity index (χ1) is 18.3. The third-order valence-corrected chi connectivity index (χ3v) is 7.44. The van der Waals surface area contributed by atoms with Crippen LogP contribution in [-0.2, 0) is 0 Å². The number of benzene rings is 5. The van der Waals surface area contributed by atoms with Crippen LogP contribution in [0.3, 0.4) is 0 Å². The number of aromatic nitrogens is 3. The largest absolute Gasteiger partial charge is 0.299 e. The normalized spacial score (nSPS) is 11.8. The molecule has 172 valence electrons. The number of nitrogens with zero attached hydrogens (tertiary/aromatic N) is 3. The highest BCUT2D eigenvalue weighted by Crippen LogP contribution is 2.37. The third kappa shape index (κ3) is 3.01. The zero-order valence-electron chi connectivity index (χ0n) is 20.0. The molecule has 0 aliphatic rings. The Balaban J connectivity index is 1.32. The third-order valence-electron chi connectivity index (χ3n) is 7.44. The summed E-state index contributed by atoms with van der Waals surface area (Å²) in [5.74, 6) is 0. The van der Waals surface area contributed by atoms with E-state index >= 15 is 0 Å². The average Bonchev–Trinajstić information content (AvgIpc) is 3.37. The van der Waals surface area contributed by atoms with E-state index < -0.39 is 0 Å². The molecule has 0 saturated heterocycles. The lowest BCUT2D eigenvalue weighted by atomic mass is 9.96. The molecule has 8 rings (SSSR count). The van der Waals surface area contributed by atoms with Crippen molar-refractivity contribution >= 4 is 49.0 Å². The fourth-order valence-electron chi connectivity index (χ4n) is 5.70. The maximum Gasteiger partial charge on any atom is 0.137 e. The van der Waals surface area contributed by atoms with Gasteiger partial charge in [0.15, 0.2) is 0 Å². The van der Waals surface area contributed by atoms with Crippen LogP contribution in [0.1, 0.15) is 0 Å². The zero-order valence-corrected chi connectivity index (χ0v) is 20.0. The monoisotopic (exact) mass is 471 g/mol. The number of rotatable bonds is 2. The number of pyridine rings is 2. The summed E-state index contributed by atoms with van der Waals surface area (Å²) in [6, 6.07) is 40.7. The van der Waals surface area contributed by atoms with Crippen molar-refractivity contribution in [1.29, 1.82) is 0 Å². The molecule has 3 nitrogen and oxygen atoms in total. The van der Waals surface area contributed by atoms with Crippen LogP contribution >= 0.6 is 0 Å². The van der Waals surface area contributed by atoms with E-state index in [4.69, 9.17) is 9.97 Å². The van der Waals surface area contributed by atoms with Crippen LogP contribution in [0.25, 0.3) is 71.4 Å². The van der Waals surface area contributed by atoms with Crippen molar-refractivity contribution in [3.63, 3.8) is 0 Å². The summed E-state index contributed by atoms with van der Waals surface area (Å²) >= 11 is 0. The van der Waals surface area contributed by atoms with Gasteiger partial charge in [0.25, 0.3) is 0 Å². The van der Waals surface area contributed by atoms with Gasteiger partial charge >= 0.3 is 0 Å². The lowest BCUT2D eigenvalue weighted by molar-refractivity contribution is 1.23. The Labute approximate surface area is 213 Å². The van der Waals surface area contributed by atoms with E-state index in [0.29, 0.717) is 0 Å². The van der Waals surface area contributed by atoms with E-state index in [2.05, 4.69) is 120 Å². The van der Waals surface area contributed by atoms with Crippen molar-refractivity contribution in [2.24, 2.45) is 0 Å². The highest BCUT2D eigenvalue weighted by Gasteiger charge is 2.15. The molecule has 3 heterocycles. The highest BCUT2D eigenvalue weighted by atomic mass is 15.0. The van der Waals surface area contributed by atoms with Crippen LogP contribution in [-0.4, -0.2) is 14.4 Å². The lowest BCUT2D eigenvalue weighted by Gasteiger charge is -2.10. The van der Waals surface area contributed by atoms with Gasteiger partial charge in [0.1, 0.15) is 5.65 Å². The molecule has 8 aromatic rings. The Morgan fingerprint density at radius 2 is 1.32 bits per heavy atom. The second kappa shape index (κ2) is 7.74. The molecule has 0 atom stereocenters. The van der Waals surface area contributed by atoms with Crippen LogP contribution < -0.4 is 0 Å². The molecule has 5 aromatic carbocycles. The van der Waals surface area contributed by atoms with Gasteiger partial charge < -0.3 is 0 Å². The van der Waals surface area contributed by atoms with Crippen molar-refractivity contribution in [2.75, 3.05) is 0 Å². The van der Waals surface area contributed by atoms with E-state index in [-0.39, 0.29) is 0 Å². The van der Waals surface area contributed by atoms with Crippen LogP contribution in [0.4, 0.5) is 0 Å². The van der Waals surface area contributed by atoms with Crippen LogP contribution in [0.5, 0.6) is 0 Å². The molecule has 0 spiro atoms. The average molecular weight is 472 g/mol. The molecule has 0 aliphatic heterocycles. The number of imidazole rings is 1. The van der Waals surface area contributed by atoms with Gasteiger partial charge in [-0.15, -0.1) is 0 Å². The molecular formula is C34H21N3. The second-order valence-corrected chi connectivity index (χ2v) is 9.50. The summed E-state index contributed by atoms with van der Waals surface area (Å²) in [7, 11) is 0. The van der Waals surface area contributed by atoms with Gasteiger partial charge in [0.05, 0.1) is 16.7 Å². The molecule has 37 heavy (non-hydrogen) atoms. The summed E-state index contributed by atoms with van der Waals surface area (Å²) in [4.78, 5) is 9.89. The molecule has 0 fully saturated rings. The van der Waals surface area contributed by atoms with Crippen LogP contribution in [0, 0.1) is 0 Å². The first-order valence-electron chi connectivity index (χ1n) is 12.5. The van der Waals surface area contributed by atoms with Crippen LogP contribution in [0.2, 0.25) is 0 Å². The van der Waals surface area contributed by atoms with Crippen molar-refractivity contribution in [1.82, 2.24) is 14.4 Å². The summed E-state index contributed by atoms with van der Waals surface area (Å²) in [6.07, 6.45) is 4.09. The van der Waals surface area contributed by atoms with Gasteiger partial charge in [0, 0.05) is 34.3 Å². The Bertz CT molecular complexity index is 2130. The SMILES string of the molecule is c1ccc2c(-c3ccc(-c4ccc5c(c4)c4ccccc4c4nc6ccccn6c54)nc3)cccc2c1. The predicted molar refractivity (Wildman–Crippen MR) is 154 cm³/mol. The quantitative estimate of drug-likeness (QED) is 0.236. The van der Waals surface area contributed by atoms with Gasteiger partial charge in [-0.2, -0.15) is 0 Å². The Hall–Kier alpha value is -5.02. The lowest BCUT2D eigenvalue weighted by Crippen LogP contribution is -1.89. The van der Waals surface area contributed by atoms with Crippen LogP contribution in [0.15, 0.2) is 128 Å². The molecule has 0 aliphatic carbocycles. The molecule has 3 heteroatoms. The minimum Gasteiger partial charge on any atom is -0.299 e. The maximum atomic E-state index is 4.98. The van der Waals surface area contributed by atoms with Crippen molar-refractivity contribution < 1.29 is 0 Å². The van der Waals surface area contributed by atoms with Gasteiger partial charge in [-0.25, -0.2) is 4.98 Å². The molecule has 3 aromatic heterocycles. The minimum atomic E-state index is 0.963. The van der Waals surface area contributed by atoms with E-state index in [0.717, 1.165) is 33.5 Å². The Kier molecular flexibility index (Phi) is 4.23. The predicted octanol–water partition coefficient (Wildman–Crippen LogP) is 8.68. The molecule has 0 radical (unpaired) electrons. The van der Waals surface area contributed by atoms with Crippen molar-refractivity contribution in [3.05, 3.63) is 128 Å².